The van der Waals surface area contributed by atoms with Crippen molar-refractivity contribution in [3.63, 3.8) is 0 Å². The summed E-state index contributed by atoms with van der Waals surface area (Å²) in [6, 6.07) is 3.18. The van der Waals surface area contributed by atoms with Gasteiger partial charge in [0.1, 0.15) is 17.4 Å². The van der Waals surface area contributed by atoms with Crippen molar-refractivity contribution < 1.29 is 22.0 Å². The quantitative estimate of drug-likeness (QED) is 0.816. The minimum Gasteiger partial charge on any atom is -0.352 e. The summed E-state index contributed by atoms with van der Waals surface area (Å²) in [5.41, 5.74) is -0.0515. The molecule has 0 unspecified atom stereocenters. The molecule has 1 amide bonds. The molecule has 1 aromatic rings. The number of benzene rings is 1. The molecule has 0 heterocycles. The summed E-state index contributed by atoms with van der Waals surface area (Å²) in [7, 11) is -3.66. The van der Waals surface area contributed by atoms with E-state index in [9.17, 15) is 22.0 Å². The highest BCUT2D eigenvalue weighted by molar-refractivity contribution is 7.89. The molecule has 8 heteroatoms. The lowest BCUT2D eigenvalue weighted by atomic mass is 10.1. The third-order valence-corrected chi connectivity index (χ3v) is 5.85. The Morgan fingerprint density at radius 1 is 1.26 bits per heavy atom. The predicted octanol–water partition coefficient (Wildman–Crippen LogP) is 1.61. The van der Waals surface area contributed by atoms with Crippen LogP contribution < -0.4 is 5.32 Å². The summed E-state index contributed by atoms with van der Waals surface area (Å²) in [4.78, 5) is 11.9. The smallest absolute Gasteiger partial charge is 0.236 e. The number of amides is 1. The van der Waals surface area contributed by atoms with Crippen LogP contribution >= 0.6 is 0 Å². The predicted molar refractivity (Wildman–Crippen MR) is 82.4 cm³/mol. The van der Waals surface area contributed by atoms with Crippen molar-refractivity contribution >= 4 is 15.9 Å². The van der Waals surface area contributed by atoms with Gasteiger partial charge in [-0.15, -0.1) is 0 Å². The molecule has 1 saturated carbocycles. The van der Waals surface area contributed by atoms with Crippen LogP contribution in [-0.4, -0.2) is 43.5 Å². The molecule has 1 aliphatic rings. The Morgan fingerprint density at radius 3 is 2.35 bits per heavy atom. The maximum atomic E-state index is 13.7. The van der Waals surface area contributed by atoms with Crippen LogP contribution in [0.25, 0.3) is 0 Å². The van der Waals surface area contributed by atoms with E-state index in [0.717, 1.165) is 0 Å². The molecule has 1 N–H and O–H groups in total. The monoisotopic (exact) mass is 346 g/mol. The molecule has 1 aromatic carbocycles. The van der Waals surface area contributed by atoms with E-state index in [1.807, 2.05) is 0 Å². The Labute approximate surface area is 134 Å². The van der Waals surface area contributed by atoms with Gasteiger partial charge in [-0.3, -0.25) is 4.79 Å². The largest absolute Gasteiger partial charge is 0.352 e. The Balaban J connectivity index is 1.96. The molecule has 23 heavy (non-hydrogen) atoms. The minimum absolute atomic E-state index is 0.0515. The molecule has 1 aliphatic carbocycles. The van der Waals surface area contributed by atoms with E-state index >= 15 is 0 Å². The number of nitrogens with zero attached hydrogens (tertiary/aromatic N) is 1. The second-order valence-corrected chi connectivity index (χ2v) is 7.46. The van der Waals surface area contributed by atoms with Crippen molar-refractivity contribution in [3.05, 3.63) is 35.4 Å². The molecular formula is C15H20F2N2O3S. The molecule has 0 bridgehead atoms. The topological polar surface area (TPSA) is 66.5 Å². The summed E-state index contributed by atoms with van der Waals surface area (Å²) in [6.45, 7) is 3.96. The van der Waals surface area contributed by atoms with Crippen LogP contribution in [0.3, 0.4) is 0 Å². The first kappa shape index (κ1) is 17.8. The number of sulfonamides is 1. The zero-order chi connectivity index (χ0) is 17.2. The van der Waals surface area contributed by atoms with Gasteiger partial charge in [0.2, 0.25) is 15.9 Å². The van der Waals surface area contributed by atoms with Crippen molar-refractivity contribution in [2.24, 2.45) is 0 Å². The Hall–Kier alpha value is -1.54. The van der Waals surface area contributed by atoms with E-state index in [1.165, 1.54) is 22.5 Å². The van der Waals surface area contributed by atoms with Crippen LogP contribution in [0.1, 0.15) is 31.7 Å². The van der Waals surface area contributed by atoms with Gasteiger partial charge in [0.05, 0.1) is 0 Å². The van der Waals surface area contributed by atoms with Gasteiger partial charge in [-0.25, -0.2) is 21.5 Å². The van der Waals surface area contributed by atoms with Gasteiger partial charge >= 0.3 is 0 Å². The molecule has 0 aliphatic heterocycles. The number of nitrogens with one attached hydrogen (secondary N) is 1. The van der Waals surface area contributed by atoms with Gasteiger partial charge in [0, 0.05) is 30.6 Å². The lowest BCUT2D eigenvalue weighted by molar-refractivity contribution is -0.118. The number of hydrogen-bond acceptors (Lipinski definition) is 3. The Kier molecular flexibility index (Phi) is 5.36. The van der Waals surface area contributed by atoms with Gasteiger partial charge in [-0.2, -0.15) is 0 Å². The average Bonchev–Trinajstić information content (AvgIpc) is 3.17. The van der Waals surface area contributed by atoms with Crippen LogP contribution in [0.15, 0.2) is 18.2 Å². The molecular weight excluding hydrogens is 326 g/mol. The van der Waals surface area contributed by atoms with Crippen molar-refractivity contribution in [1.29, 1.82) is 0 Å². The van der Waals surface area contributed by atoms with Gasteiger partial charge in [-0.1, -0.05) is 19.9 Å². The van der Waals surface area contributed by atoms with Gasteiger partial charge < -0.3 is 5.32 Å². The molecule has 5 nitrogen and oxygen atoms in total. The maximum absolute atomic E-state index is 13.7. The van der Waals surface area contributed by atoms with Gasteiger partial charge in [0.15, 0.2) is 0 Å². The van der Waals surface area contributed by atoms with Gasteiger partial charge in [0.25, 0.3) is 0 Å². The molecule has 2 atom stereocenters. The van der Waals surface area contributed by atoms with E-state index in [-0.39, 0.29) is 5.56 Å². The van der Waals surface area contributed by atoms with Crippen molar-refractivity contribution in [2.45, 2.75) is 32.2 Å². The third kappa shape index (κ3) is 4.06. The fourth-order valence-electron chi connectivity index (χ4n) is 2.66. The summed E-state index contributed by atoms with van der Waals surface area (Å²) in [6.07, 6.45) is 0.398. The molecule has 2 rings (SSSR count). The second-order valence-electron chi connectivity index (χ2n) is 5.49. The van der Waals surface area contributed by atoms with Crippen molar-refractivity contribution in [2.75, 3.05) is 18.8 Å². The molecule has 0 saturated heterocycles. The maximum Gasteiger partial charge on any atom is 0.236 e. The lowest BCUT2D eigenvalue weighted by Crippen LogP contribution is -2.40. The fourth-order valence-corrected chi connectivity index (χ4v) is 4.04. The number of rotatable bonds is 7. The number of halogens is 2. The number of carbonyl (C=O) groups excluding carboxylic acids is 1. The molecule has 0 spiro atoms. The highest BCUT2D eigenvalue weighted by Gasteiger charge is 2.43. The van der Waals surface area contributed by atoms with E-state index in [1.54, 1.807) is 13.8 Å². The minimum atomic E-state index is -3.66. The lowest BCUT2D eigenvalue weighted by Gasteiger charge is -2.18. The molecule has 0 aromatic heterocycles. The molecule has 128 valence electrons. The van der Waals surface area contributed by atoms with Crippen LogP contribution in [0, 0.1) is 11.6 Å². The summed E-state index contributed by atoms with van der Waals surface area (Å²) >= 11 is 0. The third-order valence-electron chi connectivity index (χ3n) is 3.92. The standard InChI is InChI=1S/C15H20F2N2O3S/c1-3-19(4-2)23(21,22)9-14(20)18-13-8-10(13)15-11(16)6-5-7-12(15)17/h5-7,10,13H,3-4,8-9H2,1-2H3,(H,18,20)/t10-,13+/m0/s1. The number of hydrogen-bond donors (Lipinski definition) is 1. The van der Waals surface area contributed by atoms with Crippen LogP contribution in [-0.2, 0) is 14.8 Å². The summed E-state index contributed by atoms with van der Waals surface area (Å²) in [5.74, 6) is -3.06. The second kappa shape index (κ2) is 6.92. The highest BCUT2D eigenvalue weighted by Crippen LogP contribution is 2.43. The number of carbonyl (C=O) groups is 1. The van der Waals surface area contributed by atoms with Crippen LogP contribution in [0.2, 0.25) is 0 Å². The summed E-state index contributed by atoms with van der Waals surface area (Å²) in [5, 5.41) is 2.54. The zero-order valence-electron chi connectivity index (χ0n) is 13.1. The SMILES string of the molecule is CCN(CC)S(=O)(=O)CC(=O)N[C@@H]1C[C@@H]1c1c(F)cccc1F. The first-order valence-corrected chi connectivity index (χ1v) is 9.12. The van der Waals surface area contributed by atoms with Crippen LogP contribution in [0.5, 0.6) is 0 Å². The molecule has 1 fully saturated rings. The highest BCUT2D eigenvalue weighted by atomic mass is 32.2. The normalized spacial score (nSPS) is 20.6. The Morgan fingerprint density at radius 2 is 1.83 bits per heavy atom. The van der Waals surface area contributed by atoms with Crippen molar-refractivity contribution in [1.82, 2.24) is 9.62 Å². The average molecular weight is 346 g/mol. The summed E-state index contributed by atoms with van der Waals surface area (Å²) < 4.78 is 52.6. The fraction of sp³-hybridized carbons (Fsp3) is 0.533. The van der Waals surface area contributed by atoms with E-state index in [0.29, 0.717) is 19.5 Å². The van der Waals surface area contributed by atoms with E-state index in [2.05, 4.69) is 5.32 Å². The Bertz CT molecular complexity index is 670. The van der Waals surface area contributed by atoms with Gasteiger partial charge in [-0.05, 0) is 18.6 Å². The van der Waals surface area contributed by atoms with E-state index in [4.69, 9.17) is 0 Å². The van der Waals surface area contributed by atoms with Crippen molar-refractivity contribution in [3.8, 4) is 0 Å². The zero-order valence-corrected chi connectivity index (χ0v) is 13.9. The first-order chi connectivity index (χ1) is 10.8. The van der Waals surface area contributed by atoms with Crippen LogP contribution in [0.4, 0.5) is 8.78 Å². The molecule has 0 radical (unpaired) electrons. The first-order valence-electron chi connectivity index (χ1n) is 7.51. The van der Waals surface area contributed by atoms with E-state index < -0.39 is 45.3 Å².